The molecule has 0 saturated heterocycles. The maximum atomic E-state index is 13.4. The highest BCUT2D eigenvalue weighted by Gasteiger charge is 2.28. The third-order valence-electron chi connectivity index (χ3n) is 7.07. The molecule has 2 N–H and O–H groups in total. The van der Waals surface area contributed by atoms with Crippen molar-refractivity contribution in [3.05, 3.63) is 93.8 Å². The number of rotatable bonds is 7. The van der Waals surface area contributed by atoms with Crippen molar-refractivity contribution in [1.29, 1.82) is 0 Å². The minimum absolute atomic E-state index is 0. The first-order chi connectivity index (χ1) is 19.7. The van der Waals surface area contributed by atoms with Gasteiger partial charge in [0, 0.05) is 45.8 Å². The van der Waals surface area contributed by atoms with Gasteiger partial charge in [-0.15, -0.1) is 35.1 Å². The van der Waals surface area contributed by atoms with Gasteiger partial charge in [-0.05, 0) is 86.5 Å². The summed E-state index contributed by atoms with van der Waals surface area (Å²) < 4.78 is 29.1. The van der Waals surface area contributed by atoms with Crippen LogP contribution in [-0.2, 0) is 23.0 Å². The van der Waals surface area contributed by atoms with E-state index in [0.717, 1.165) is 45.3 Å². The van der Waals surface area contributed by atoms with Crippen LogP contribution in [0.1, 0.15) is 34.6 Å². The summed E-state index contributed by atoms with van der Waals surface area (Å²) in [5, 5.41) is 5.30. The minimum atomic E-state index is -3.79. The van der Waals surface area contributed by atoms with Gasteiger partial charge in [-0.1, -0.05) is 23.7 Å². The van der Waals surface area contributed by atoms with Crippen molar-refractivity contribution >= 4 is 83.5 Å². The maximum Gasteiger partial charge on any atom is 0.261 e. The van der Waals surface area contributed by atoms with Gasteiger partial charge < -0.3 is 5.32 Å². The molecule has 0 aliphatic carbocycles. The Morgan fingerprint density at radius 3 is 2.40 bits per heavy atom. The molecule has 0 saturated carbocycles. The molecule has 1 amide bonds. The number of hydrogen-bond acceptors (Lipinski definition) is 7. The third-order valence-corrected chi connectivity index (χ3v) is 10.9. The Morgan fingerprint density at radius 1 is 1.00 bits per heavy atom. The van der Waals surface area contributed by atoms with Crippen molar-refractivity contribution in [3.8, 4) is 10.6 Å². The molecule has 218 valence electrons. The zero-order valence-corrected chi connectivity index (χ0v) is 26.8. The number of nitrogens with zero attached hydrogens (tertiary/aromatic N) is 2. The lowest BCUT2D eigenvalue weighted by atomic mass is 10.0. The van der Waals surface area contributed by atoms with Gasteiger partial charge in [0.2, 0.25) is 0 Å². The van der Waals surface area contributed by atoms with E-state index >= 15 is 0 Å². The fraction of sp³-hybridized carbons (Fsp3) is 0.200. The SMILES string of the molecule is CC(C)N1CCc2c(sc(NC(=O)c3ccc(NS(=O)(=O)c4ccc(Cl)cc4)cc3)c2-c2nc3ccccc3s2)C1.Cl. The predicted octanol–water partition coefficient (Wildman–Crippen LogP) is 7.92. The van der Waals surface area contributed by atoms with Gasteiger partial charge >= 0.3 is 0 Å². The van der Waals surface area contributed by atoms with E-state index in [1.165, 1.54) is 34.7 Å². The van der Waals surface area contributed by atoms with E-state index in [0.29, 0.717) is 22.3 Å². The van der Waals surface area contributed by atoms with E-state index in [-0.39, 0.29) is 23.2 Å². The normalized spacial score (nSPS) is 13.5. The van der Waals surface area contributed by atoms with Crippen molar-refractivity contribution in [2.24, 2.45) is 0 Å². The molecule has 0 unspecified atom stereocenters. The van der Waals surface area contributed by atoms with E-state index in [2.05, 4.69) is 34.9 Å². The Balaban J connectivity index is 0.00000353. The first kappa shape index (κ1) is 30.5. The van der Waals surface area contributed by atoms with Gasteiger partial charge in [-0.25, -0.2) is 13.4 Å². The van der Waals surface area contributed by atoms with Gasteiger partial charge in [0.1, 0.15) is 10.0 Å². The van der Waals surface area contributed by atoms with Gasteiger partial charge in [0.25, 0.3) is 15.9 Å². The molecule has 1 aliphatic rings. The number of para-hydroxylation sites is 1. The average molecular weight is 660 g/mol. The highest BCUT2D eigenvalue weighted by Crippen LogP contribution is 2.46. The van der Waals surface area contributed by atoms with Crippen molar-refractivity contribution < 1.29 is 13.2 Å². The van der Waals surface area contributed by atoms with Crippen LogP contribution in [0.3, 0.4) is 0 Å². The Morgan fingerprint density at radius 2 is 1.71 bits per heavy atom. The molecule has 6 rings (SSSR count). The number of carbonyl (C=O) groups is 1. The van der Waals surface area contributed by atoms with Crippen LogP contribution in [-0.4, -0.2) is 36.8 Å². The summed E-state index contributed by atoms with van der Waals surface area (Å²) in [5.74, 6) is -0.265. The number of halogens is 2. The lowest BCUT2D eigenvalue weighted by Crippen LogP contribution is -2.35. The first-order valence-electron chi connectivity index (χ1n) is 13.1. The Labute approximate surface area is 264 Å². The second kappa shape index (κ2) is 12.3. The van der Waals surface area contributed by atoms with Crippen LogP contribution in [0, 0.1) is 0 Å². The van der Waals surface area contributed by atoms with Gasteiger partial charge in [0.05, 0.1) is 15.1 Å². The molecule has 0 spiro atoms. The number of benzene rings is 3. The number of hydrogen-bond donors (Lipinski definition) is 2. The monoisotopic (exact) mass is 658 g/mol. The predicted molar refractivity (Wildman–Crippen MR) is 176 cm³/mol. The molecule has 42 heavy (non-hydrogen) atoms. The van der Waals surface area contributed by atoms with Crippen LogP contribution in [0.2, 0.25) is 5.02 Å². The first-order valence-corrected chi connectivity index (χ1v) is 16.6. The second-order valence-electron chi connectivity index (χ2n) is 10.1. The molecule has 0 atom stereocenters. The van der Waals surface area contributed by atoms with Crippen molar-refractivity contribution in [1.82, 2.24) is 9.88 Å². The fourth-order valence-electron chi connectivity index (χ4n) is 4.85. The van der Waals surface area contributed by atoms with Crippen LogP contribution in [0.15, 0.2) is 77.7 Å². The largest absolute Gasteiger partial charge is 0.313 e. The molecule has 5 aromatic rings. The quantitative estimate of drug-likeness (QED) is 0.185. The number of fused-ring (bicyclic) bond motifs is 2. The fourth-order valence-corrected chi connectivity index (χ4v) is 8.41. The standard InChI is InChI=1S/C30H27ClN4O3S3.ClH/c1-18(2)35-16-15-23-26(17-35)40-30(27(23)29-32-24-5-3-4-6-25(24)39-29)33-28(36)19-7-11-21(12-8-19)34-41(37,38)22-13-9-20(31)10-14-22;/h3-14,18,34H,15-17H2,1-2H3,(H,33,36);1H. The van der Waals surface area contributed by atoms with Crippen LogP contribution in [0.5, 0.6) is 0 Å². The maximum absolute atomic E-state index is 13.4. The number of thiazole rings is 1. The van der Waals surface area contributed by atoms with E-state index < -0.39 is 10.0 Å². The Kier molecular flexibility index (Phi) is 8.94. The summed E-state index contributed by atoms with van der Waals surface area (Å²) in [6.07, 6.45) is 0.896. The zero-order chi connectivity index (χ0) is 28.7. The number of thiophene rings is 1. The number of aromatic nitrogens is 1. The number of anilines is 2. The molecular formula is C30H28Cl2N4O3S3. The van der Waals surface area contributed by atoms with Crippen LogP contribution in [0.4, 0.5) is 10.7 Å². The van der Waals surface area contributed by atoms with Gasteiger partial charge in [0.15, 0.2) is 0 Å². The Hall–Kier alpha value is -2.99. The van der Waals surface area contributed by atoms with Crippen LogP contribution < -0.4 is 10.0 Å². The van der Waals surface area contributed by atoms with E-state index in [4.69, 9.17) is 16.6 Å². The topological polar surface area (TPSA) is 91.4 Å². The molecule has 12 heteroatoms. The molecule has 3 aromatic carbocycles. The molecule has 3 heterocycles. The number of carbonyl (C=O) groups excluding carboxylic acids is 1. The zero-order valence-electron chi connectivity index (χ0n) is 22.8. The van der Waals surface area contributed by atoms with Crippen LogP contribution in [0.25, 0.3) is 20.8 Å². The number of sulfonamides is 1. The molecule has 1 aliphatic heterocycles. The summed E-state index contributed by atoms with van der Waals surface area (Å²) in [4.78, 5) is 22.1. The third kappa shape index (κ3) is 6.20. The summed E-state index contributed by atoms with van der Waals surface area (Å²) >= 11 is 9.13. The summed E-state index contributed by atoms with van der Waals surface area (Å²) in [5.41, 5.74) is 3.99. The Bertz CT molecular complexity index is 1820. The summed E-state index contributed by atoms with van der Waals surface area (Å²) in [7, 11) is -3.79. The summed E-state index contributed by atoms with van der Waals surface area (Å²) in [6.45, 7) is 6.21. The number of nitrogens with one attached hydrogen (secondary N) is 2. The highest BCUT2D eigenvalue weighted by atomic mass is 35.5. The van der Waals surface area contributed by atoms with Crippen LogP contribution >= 0.6 is 46.7 Å². The molecule has 0 radical (unpaired) electrons. The highest BCUT2D eigenvalue weighted by molar-refractivity contribution is 7.92. The average Bonchev–Trinajstić information content (AvgIpc) is 3.53. The van der Waals surface area contributed by atoms with E-state index in [9.17, 15) is 13.2 Å². The van der Waals surface area contributed by atoms with Gasteiger partial charge in [-0.3, -0.25) is 14.4 Å². The summed E-state index contributed by atoms with van der Waals surface area (Å²) in [6, 6.07) is 20.8. The minimum Gasteiger partial charge on any atom is -0.313 e. The molecule has 2 aromatic heterocycles. The van der Waals surface area contributed by atoms with E-state index in [1.807, 2.05) is 18.2 Å². The van der Waals surface area contributed by atoms with Gasteiger partial charge in [-0.2, -0.15) is 0 Å². The lowest BCUT2D eigenvalue weighted by Gasteiger charge is -2.30. The molecule has 0 bridgehead atoms. The van der Waals surface area contributed by atoms with Crippen molar-refractivity contribution in [2.75, 3.05) is 16.6 Å². The number of amides is 1. The van der Waals surface area contributed by atoms with Crippen molar-refractivity contribution in [2.45, 2.75) is 37.8 Å². The smallest absolute Gasteiger partial charge is 0.261 e. The second-order valence-corrected chi connectivity index (χ2v) is 14.4. The molecular weight excluding hydrogens is 631 g/mol. The van der Waals surface area contributed by atoms with E-state index in [1.54, 1.807) is 46.9 Å². The van der Waals surface area contributed by atoms with Crippen molar-refractivity contribution in [3.63, 3.8) is 0 Å². The molecule has 0 fully saturated rings. The molecule has 7 nitrogen and oxygen atoms in total. The lowest BCUT2D eigenvalue weighted by molar-refractivity contribution is 0.102.